The number of benzene rings is 3. The van der Waals surface area contributed by atoms with Gasteiger partial charge in [-0.05, 0) is 35.1 Å². The van der Waals surface area contributed by atoms with Gasteiger partial charge in [0.2, 0.25) is 0 Å². The van der Waals surface area contributed by atoms with Crippen LogP contribution in [0.3, 0.4) is 0 Å². The number of ketones is 1. The maximum Gasteiger partial charge on any atom is 0.336 e. The molecule has 1 N–H and O–H groups in total. The van der Waals surface area contributed by atoms with Crippen molar-refractivity contribution < 1.29 is 14.7 Å². The summed E-state index contributed by atoms with van der Waals surface area (Å²) in [5.74, 6) is -0.846. The Morgan fingerprint density at radius 2 is 1.52 bits per heavy atom. The lowest BCUT2D eigenvalue weighted by Crippen LogP contribution is -2.15. The van der Waals surface area contributed by atoms with E-state index in [1.54, 1.807) is 18.2 Å². The van der Waals surface area contributed by atoms with E-state index in [0.29, 0.717) is 17.0 Å². The van der Waals surface area contributed by atoms with Crippen LogP contribution in [0.5, 0.6) is 0 Å². The highest BCUT2D eigenvalue weighted by Crippen LogP contribution is 2.27. The molecule has 0 aromatic heterocycles. The van der Waals surface area contributed by atoms with Gasteiger partial charge in [-0.1, -0.05) is 106 Å². The molecule has 0 saturated carbocycles. The van der Waals surface area contributed by atoms with E-state index in [4.69, 9.17) is 0 Å². The molecule has 3 aromatic carbocycles. The van der Waals surface area contributed by atoms with Crippen molar-refractivity contribution in [1.29, 1.82) is 0 Å². The number of hydrogen-bond donors (Lipinski definition) is 1. The lowest BCUT2D eigenvalue weighted by atomic mass is 9.85. The summed E-state index contributed by atoms with van der Waals surface area (Å²) in [4.78, 5) is 25.4. The van der Waals surface area contributed by atoms with Crippen LogP contribution >= 0.6 is 0 Å². The number of aromatic carboxylic acids is 1. The van der Waals surface area contributed by atoms with Gasteiger partial charge in [0.15, 0.2) is 5.78 Å². The Morgan fingerprint density at radius 1 is 0.839 bits per heavy atom. The molecule has 1 atom stereocenters. The Morgan fingerprint density at radius 3 is 2.13 bits per heavy atom. The second kappa shape index (κ2) is 10.7. The molecule has 3 heteroatoms. The van der Waals surface area contributed by atoms with E-state index in [1.807, 2.05) is 48.5 Å². The maximum absolute atomic E-state index is 13.5. The number of carbonyl (C=O) groups excluding carboxylic acids is 1. The Bertz CT molecular complexity index is 1020. The van der Waals surface area contributed by atoms with E-state index in [0.717, 1.165) is 48.8 Å². The lowest BCUT2D eigenvalue weighted by molar-refractivity contribution is 0.0692. The van der Waals surface area contributed by atoms with E-state index in [9.17, 15) is 14.7 Å². The summed E-state index contributed by atoms with van der Waals surface area (Å²) in [5, 5.41) is 9.76. The van der Waals surface area contributed by atoms with Crippen LogP contribution in [0.2, 0.25) is 0 Å². The van der Waals surface area contributed by atoms with E-state index in [1.165, 1.54) is 6.07 Å². The van der Waals surface area contributed by atoms with Gasteiger partial charge in [-0.15, -0.1) is 0 Å². The SMILES string of the molecule is CCCCC(CC)Cc1cccc(C(=O)O)c1C(=O)c1ccc(-c2ccccc2)cc1. The molecular weight excluding hydrogens is 384 g/mol. The minimum absolute atomic E-state index is 0.0833. The van der Waals surface area contributed by atoms with Gasteiger partial charge >= 0.3 is 5.97 Å². The first kappa shape index (κ1) is 22.5. The predicted octanol–water partition coefficient (Wildman–Crippen LogP) is 7.04. The van der Waals surface area contributed by atoms with E-state index >= 15 is 0 Å². The summed E-state index contributed by atoms with van der Waals surface area (Å²) in [6, 6.07) is 22.6. The molecule has 3 aromatic rings. The van der Waals surface area contributed by atoms with Crippen LogP contribution in [0.4, 0.5) is 0 Å². The van der Waals surface area contributed by atoms with E-state index < -0.39 is 5.97 Å². The fraction of sp³-hybridized carbons (Fsp3) is 0.286. The zero-order valence-corrected chi connectivity index (χ0v) is 18.3. The normalized spacial score (nSPS) is 11.8. The summed E-state index contributed by atoms with van der Waals surface area (Å²) in [5.41, 5.74) is 3.86. The third-order valence-corrected chi connectivity index (χ3v) is 5.91. The van der Waals surface area contributed by atoms with Gasteiger partial charge in [0, 0.05) is 11.1 Å². The molecule has 0 fully saturated rings. The van der Waals surface area contributed by atoms with Gasteiger partial charge in [0.1, 0.15) is 0 Å². The van der Waals surface area contributed by atoms with Gasteiger partial charge in [-0.25, -0.2) is 4.79 Å². The Kier molecular flexibility index (Phi) is 7.77. The van der Waals surface area contributed by atoms with Crippen molar-refractivity contribution >= 4 is 11.8 Å². The largest absolute Gasteiger partial charge is 0.478 e. The predicted molar refractivity (Wildman–Crippen MR) is 126 cm³/mol. The minimum Gasteiger partial charge on any atom is -0.478 e. The number of hydrogen-bond acceptors (Lipinski definition) is 2. The summed E-state index contributed by atoms with van der Waals surface area (Å²) in [7, 11) is 0. The fourth-order valence-electron chi connectivity index (χ4n) is 4.06. The zero-order valence-electron chi connectivity index (χ0n) is 18.3. The highest BCUT2D eigenvalue weighted by molar-refractivity contribution is 6.15. The van der Waals surface area contributed by atoms with Crippen molar-refractivity contribution in [3.63, 3.8) is 0 Å². The van der Waals surface area contributed by atoms with Crippen molar-refractivity contribution in [2.24, 2.45) is 5.92 Å². The molecule has 0 aliphatic heterocycles. The standard InChI is InChI=1S/C28H30O3/c1-3-5-10-20(4-2)19-24-13-9-14-25(28(30)31)26(24)27(29)23-17-15-22(16-18-23)21-11-7-6-8-12-21/h6-9,11-18,20H,3-5,10,19H2,1-2H3,(H,30,31). The highest BCUT2D eigenvalue weighted by atomic mass is 16.4. The monoisotopic (exact) mass is 414 g/mol. The van der Waals surface area contributed by atoms with Gasteiger partial charge in [0.25, 0.3) is 0 Å². The minimum atomic E-state index is -1.06. The van der Waals surface area contributed by atoms with Gasteiger partial charge in [0.05, 0.1) is 5.56 Å². The summed E-state index contributed by atoms with van der Waals surface area (Å²) in [6.45, 7) is 4.33. The zero-order chi connectivity index (χ0) is 22.2. The molecule has 0 spiro atoms. The van der Waals surface area contributed by atoms with Crippen LogP contribution in [0.1, 0.15) is 71.4 Å². The molecule has 31 heavy (non-hydrogen) atoms. The first-order valence-electron chi connectivity index (χ1n) is 11.1. The molecule has 3 nitrogen and oxygen atoms in total. The molecule has 0 saturated heterocycles. The first-order valence-corrected chi connectivity index (χ1v) is 11.1. The van der Waals surface area contributed by atoms with Gasteiger partial charge < -0.3 is 5.11 Å². The number of carboxylic acid groups (broad SMARTS) is 1. The topological polar surface area (TPSA) is 54.4 Å². The lowest BCUT2D eigenvalue weighted by Gasteiger charge is -2.18. The number of carbonyl (C=O) groups is 2. The Balaban J connectivity index is 1.96. The molecular formula is C28H30O3. The molecule has 0 aliphatic carbocycles. The molecule has 3 rings (SSSR count). The number of rotatable bonds is 10. The van der Waals surface area contributed by atoms with Crippen LogP contribution in [0, 0.1) is 5.92 Å². The molecule has 0 radical (unpaired) electrons. The molecule has 160 valence electrons. The molecule has 0 amide bonds. The van der Waals surface area contributed by atoms with Crippen molar-refractivity contribution in [3.8, 4) is 11.1 Å². The smallest absolute Gasteiger partial charge is 0.336 e. The van der Waals surface area contributed by atoms with E-state index in [2.05, 4.69) is 13.8 Å². The van der Waals surface area contributed by atoms with Crippen LogP contribution in [0.25, 0.3) is 11.1 Å². The third kappa shape index (κ3) is 5.49. The molecule has 0 heterocycles. The fourth-order valence-corrected chi connectivity index (χ4v) is 4.06. The molecule has 1 unspecified atom stereocenters. The quantitative estimate of drug-likeness (QED) is 0.362. The Labute approximate surface area is 184 Å². The van der Waals surface area contributed by atoms with Gasteiger partial charge in [-0.2, -0.15) is 0 Å². The first-order chi connectivity index (χ1) is 15.0. The average molecular weight is 415 g/mol. The second-order valence-electron chi connectivity index (χ2n) is 8.04. The van der Waals surface area contributed by atoms with Crippen LogP contribution in [-0.4, -0.2) is 16.9 Å². The van der Waals surface area contributed by atoms with Crippen LogP contribution in [0.15, 0.2) is 72.8 Å². The molecule has 0 aliphatic rings. The van der Waals surface area contributed by atoms with Crippen LogP contribution < -0.4 is 0 Å². The summed E-state index contributed by atoms with van der Waals surface area (Å²) < 4.78 is 0. The third-order valence-electron chi connectivity index (χ3n) is 5.91. The number of carboxylic acids is 1. The van der Waals surface area contributed by atoms with Crippen molar-refractivity contribution in [3.05, 3.63) is 95.1 Å². The van der Waals surface area contributed by atoms with Crippen molar-refractivity contribution in [2.75, 3.05) is 0 Å². The highest BCUT2D eigenvalue weighted by Gasteiger charge is 2.23. The Hall–Kier alpha value is -3.20. The van der Waals surface area contributed by atoms with Gasteiger partial charge in [-0.3, -0.25) is 4.79 Å². The number of unbranched alkanes of at least 4 members (excludes halogenated alkanes) is 1. The second-order valence-corrected chi connectivity index (χ2v) is 8.04. The summed E-state index contributed by atoms with van der Waals surface area (Å²) in [6.07, 6.45) is 5.09. The molecule has 0 bridgehead atoms. The van der Waals surface area contributed by atoms with Crippen LogP contribution in [-0.2, 0) is 6.42 Å². The van der Waals surface area contributed by atoms with Crippen molar-refractivity contribution in [1.82, 2.24) is 0 Å². The summed E-state index contributed by atoms with van der Waals surface area (Å²) >= 11 is 0. The maximum atomic E-state index is 13.5. The van der Waals surface area contributed by atoms with Crippen molar-refractivity contribution in [2.45, 2.75) is 46.0 Å². The average Bonchev–Trinajstić information content (AvgIpc) is 2.81. The van der Waals surface area contributed by atoms with E-state index in [-0.39, 0.29) is 11.3 Å².